The van der Waals surface area contributed by atoms with Crippen LogP contribution in [0.4, 0.5) is 0 Å². The van der Waals surface area contributed by atoms with E-state index in [0.29, 0.717) is 0 Å². The molecule has 2 aliphatic carbocycles. The fraction of sp³-hybridized carbons (Fsp3) is 1.00. The van der Waals surface area contributed by atoms with E-state index >= 15 is 0 Å². The van der Waals surface area contributed by atoms with Gasteiger partial charge in [-0.15, -0.1) is 0 Å². The molecule has 0 radical (unpaired) electrons. The Balaban J connectivity index is 1.85. The molecule has 2 N–H and O–H groups in total. The molecular weight excluding hydrogens is 242 g/mol. The van der Waals surface area contributed by atoms with Gasteiger partial charge in [-0.3, -0.25) is 4.21 Å². The highest BCUT2D eigenvalue weighted by molar-refractivity contribution is 7.85. The number of hydrogen-bond donors (Lipinski definition) is 1. The molecule has 0 spiro atoms. The van der Waals surface area contributed by atoms with E-state index in [1.165, 1.54) is 44.9 Å². The van der Waals surface area contributed by atoms with Gasteiger partial charge in [0.05, 0.1) is 5.25 Å². The molecule has 2 aliphatic rings. The lowest BCUT2D eigenvalue weighted by Crippen LogP contribution is -2.44. The molecule has 3 heteroatoms. The third-order valence-electron chi connectivity index (χ3n) is 4.86. The standard InChI is InChI=1S/C15H29NOS/c1-2-5-12-8-9-14(16)15(10-12)18(17)11-13-6-3-4-7-13/h12-15H,2-11,16H2,1H3. The fourth-order valence-electron chi connectivity index (χ4n) is 3.74. The van der Waals surface area contributed by atoms with Gasteiger partial charge in [0, 0.05) is 22.6 Å². The first kappa shape index (κ1) is 14.5. The Hall–Kier alpha value is 0.110. The fourth-order valence-corrected chi connectivity index (χ4v) is 5.80. The second-order valence-corrected chi connectivity index (χ2v) is 8.07. The first-order valence-electron chi connectivity index (χ1n) is 7.83. The smallest absolute Gasteiger partial charge is 0.0501 e. The quantitative estimate of drug-likeness (QED) is 0.834. The van der Waals surface area contributed by atoms with Gasteiger partial charge in [-0.2, -0.15) is 0 Å². The van der Waals surface area contributed by atoms with E-state index in [2.05, 4.69) is 6.92 Å². The van der Waals surface area contributed by atoms with E-state index in [1.807, 2.05) is 0 Å². The summed E-state index contributed by atoms with van der Waals surface area (Å²) in [7, 11) is -0.676. The van der Waals surface area contributed by atoms with Crippen molar-refractivity contribution in [1.29, 1.82) is 0 Å². The van der Waals surface area contributed by atoms with Crippen LogP contribution in [-0.4, -0.2) is 21.3 Å². The predicted octanol–water partition coefficient (Wildman–Crippen LogP) is 3.22. The average molecular weight is 271 g/mol. The van der Waals surface area contributed by atoms with E-state index in [9.17, 15) is 4.21 Å². The second kappa shape index (κ2) is 7.04. The normalized spacial score (nSPS) is 35.8. The maximum atomic E-state index is 12.5. The van der Waals surface area contributed by atoms with Crippen molar-refractivity contribution in [3.8, 4) is 0 Å². The Morgan fingerprint density at radius 3 is 2.50 bits per heavy atom. The summed E-state index contributed by atoms with van der Waals surface area (Å²) in [6, 6.07) is 0.195. The summed E-state index contributed by atoms with van der Waals surface area (Å²) in [4.78, 5) is 0. The molecule has 0 aromatic heterocycles. The lowest BCUT2D eigenvalue weighted by molar-refractivity contribution is 0.313. The Morgan fingerprint density at radius 2 is 1.83 bits per heavy atom. The molecule has 18 heavy (non-hydrogen) atoms. The number of nitrogens with two attached hydrogens (primary N) is 1. The molecule has 2 rings (SSSR count). The van der Waals surface area contributed by atoms with Crippen LogP contribution in [0.3, 0.4) is 0 Å². The molecule has 0 aliphatic heterocycles. The van der Waals surface area contributed by atoms with Crippen LogP contribution in [0.2, 0.25) is 0 Å². The largest absolute Gasteiger partial charge is 0.327 e. The summed E-state index contributed by atoms with van der Waals surface area (Å²) >= 11 is 0. The van der Waals surface area contributed by atoms with Crippen molar-refractivity contribution in [2.75, 3.05) is 5.75 Å². The van der Waals surface area contributed by atoms with Gasteiger partial charge < -0.3 is 5.73 Å². The molecule has 0 amide bonds. The zero-order chi connectivity index (χ0) is 13.0. The van der Waals surface area contributed by atoms with Crippen LogP contribution < -0.4 is 5.73 Å². The molecule has 2 fully saturated rings. The summed E-state index contributed by atoms with van der Waals surface area (Å²) < 4.78 is 12.5. The van der Waals surface area contributed by atoms with Gasteiger partial charge in [0.15, 0.2) is 0 Å². The van der Waals surface area contributed by atoms with Gasteiger partial charge in [-0.05, 0) is 43.9 Å². The lowest BCUT2D eigenvalue weighted by atomic mass is 9.83. The minimum Gasteiger partial charge on any atom is -0.327 e. The average Bonchev–Trinajstić information content (AvgIpc) is 2.84. The van der Waals surface area contributed by atoms with Crippen molar-refractivity contribution < 1.29 is 4.21 Å². The summed E-state index contributed by atoms with van der Waals surface area (Å²) in [5.41, 5.74) is 6.22. The van der Waals surface area contributed by atoms with Crippen molar-refractivity contribution in [1.82, 2.24) is 0 Å². The topological polar surface area (TPSA) is 43.1 Å². The first-order chi connectivity index (χ1) is 8.70. The molecule has 0 heterocycles. The maximum Gasteiger partial charge on any atom is 0.0501 e. The van der Waals surface area contributed by atoms with Crippen LogP contribution in [0.25, 0.3) is 0 Å². The summed E-state index contributed by atoms with van der Waals surface area (Å²) in [6.07, 6.45) is 11.3. The van der Waals surface area contributed by atoms with E-state index in [4.69, 9.17) is 5.73 Å². The molecule has 2 saturated carbocycles. The zero-order valence-corrected chi connectivity index (χ0v) is 12.6. The van der Waals surface area contributed by atoms with Gasteiger partial charge in [-0.1, -0.05) is 32.6 Å². The Bertz CT molecular complexity index is 276. The highest BCUT2D eigenvalue weighted by atomic mass is 32.2. The molecule has 2 nitrogen and oxygen atoms in total. The Kier molecular flexibility index (Phi) is 5.68. The molecular formula is C15H29NOS. The van der Waals surface area contributed by atoms with Crippen LogP contribution in [0, 0.1) is 11.8 Å². The molecule has 0 saturated heterocycles. The van der Waals surface area contributed by atoms with Crippen molar-refractivity contribution in [2.45, 2.75) is 76.0 Å². The van der Waals surface area contributed by atoms with E-state index in [0.717, 1.165) is 30.4 Å². The molecule has 4 unspecified atom stereocenters. The van der Waals surface area contributed by atoms with Gasteiger partial charge in [-0.25, -0.2) is 0 Å². The van der Waals surface area contributed by atoms with Crippen molar-refractivity contribution in [3.05, 3.63) is 0 Å². The second-order valence-electron chi connectivity index (χ2n) is 6.37. The minimum atomic E-state index is -0.676. The highest BCUT2D eigenvalue weighted by Gasteiger charge is 2.33. The molecule has 0 bridgehead atoms. The van der Waals surface area contributed by atoms with Gasteiger partial charge in [0.2, 0.25) is 0 Å². The van der Waals surface area contributed by atoms with Gasteiger partial charge >= 0.3 is 0 Å². The van der Waals surface area contributed by atoms with Crippen LogP contribution in [0.5, 0.6) is 0 Å². The highest BCUT2D eigenvalue weighted by Crippen LogP contribution is 2.32. The molecule has 4 atom stereocenters. The van der Waals surface area contributed by atoms with Gasteiger partial charge in [0.1, 0.15) is 0 Å². The maximum absolute atomic E-state index is 12.5. The van der Waals surface area contributed by atoms with Crippen molar-refractivity contribution in [2.24, 2.45) is 17.6 Å². The predicted molar refractivity (Wildman–Crippen MR) is 79.0 cm³/mol. The van der Waals surface area contributed by atoms with Crippen LogP contribution in [0.15, 0.2) is 0 Å². The van der Waals surface area contributed by atoms with Gasteiger partial charge in [0.25, 0.3) is 0 Å². The lowest BCUT2D eigenvalue weighted by Gasteiger charge is -2.34. The molecule has 106 valence electrons. The monoisotopic (exact) mass is 271 g/mol. The van der Waals surface area contributed by atoms with Crippen molar-refractivity contribution >= 4 is 10.8 Å². The summed E-state index contributed by atoms with van der Waals surface area (Å²) in [5, 5.41) is 0.288. The van der Waals surface area contributed by atoms with Crippen molar-refractivity contribution in [3.63, 3.8) is 0 Å². The van der Waals surface area contributed by atoms with E-state index in [1.54, 1.807) is 0 Å². The number of hydrogen-bond acceptors (Lipinski definition) is 2. The molecule has 0 aromatic carbocycles. The van der Waals surface area contributed by atoms with E-state index < -0.39 is 10.8 Å². The van der Waals surface area contributed by atoms with E-state index in [-0.39, 0.29) is 11.3 Å². The van der Waals surface area contributed by atoms with Crippen LogP contribution in [-0.2, 0) is 10.8 Å². The molecule has 0 aromatic rings. The zero-order valence-electron chi connectivity index (χ0n) is 11.8. The minimum absolute atomic E-state index is 0.195. The first-order valence-corrected chi connectivity index (χ1v) is 9.21. The third-order valence-corrected chi connectivity index (χ3v) is 6.88. The van der Waals surface area contributed by atoms with Crippen LogP contribution in [0.1, 0.15) is 64.7 Å². The summed E-state index contributed by atoms with van der Waals surface area (Å²) in [6.45, 7) is 2.25. The summed E-state index contributed by atoms with van der Waals surface area (Å²) in [5.74, 6) is 2.44. The number of rotatable bonds is 5. The SMILES string of the molecule is CCCC1CCC(N)C(S(=O)CC2CCCC2)C1. The third kappa shape index (κ3) is 3.80. The Labute approximate surface area is 115 Å². The Morgan fingerprint density at radius 1 is 1.11 bits per heavy atom. The van der Waals surface area contributed by atoms with Crippen LogP contribution >= 0.6 is 0 Å².